The first-order valence-corrected chi connectivity index (χ1v) is 14.1. The number of anilines is 1. The third kappa shape index (κ3) is 8.04. The zero-order valence-electron chi connectivity index (χ0n) is 21.9. The molecule has 1 heterocycles. The number of nitrogens with zero attached hydrogens (tertiary/aromatic N) is 3. The standard InChI is InChI=1S/C28H31BrN4O4S/c1-5-18(4)20-8-10-22(11-9-20)36-12-13-37-26-23(29)15-19(16-24(26)35-7-3)14-21(17-30)27(34)31-28-33-32-25(6-2)38-28/h8-11,14-16,18H,5-7,12-13H2,1-4H3,(H,31,33,34)/b21-14-. The van der Waals surface area contributed by atoms with Gasteiger partial charge in [0.15, 0.2) is 11.5 Å². The van der Waals surface area contributed by atoms with Gasteiger partial charge in [0.1, 0.15) is 35.6 Å². The predicted octanol–water partition coefficient (Wildman–Crippen LogP) is 6.78. The molecule has 0 aliphatic heterocycles. The smallest absolute Gasteiger partial charge is 0.268 e. The molecule has 1 unspecified atom stereocenters. The number of rotatable bonds is 13. The molecule has 1 amide bonds. The molecule has 1 atom stereocenters. The molecule has 2 aromatic carbocycles. The average molecular weight is 600 g/mol. The SMILES string of the molecule is CCOc1cc(/C=C(/C#N)C(=O)Nc2nnc(CC)s2)cc(Br)c1OCCOc1ccc(C(C)CC)cc1. The Morgan fingerprint density at radius 1 is 1.13 bits per heavy atom. The van der Waals surface area contributed by atoms with Crippen molar-refractivity contribution in [3.63, 3.8) is 0 Å². The summed E-state index contributed by atoms with van der Waals surface area (Å²) in [5.74, 6) is 1.74. The molecule has 0 saturated carbocycles. The number of carbonyl (C=O) groups excluding carboxylic acids is 1. The molecule has 10 heteroatoms. The fourth-order valence-electron chi connectivity index (χ4n) is 3.43. The first kappa shape index (κ1) is 29.1. The Morgan fingerprint density at radius 3 is 2.50 bits per heavy atom. The molecular formula is C28H31BrN4O4S. The lowest BCUT2D eigenvalue weighted by atomic mass is 9.99. The van der Waals surface area contributed by atoms with E-state index in [1.165, 1.54) is 23.0 Å². The van der Waals surface area contributed by atoms with Crippen LogP contribution in [0.25, 0.3) is 6.08 Å². The third-order valence-corrected chi connectivity index (χ3v) is 7.23. The first-order chi connectivity index (χ1) is 18.4. The van der Waals surface area contributed by atoms with Gasteiger partial charge < -0.3 is 14.2 Å². The van der Waals surface area contributed by atoms with Crippen molar-refractivity contribution in [2.24, 2.45) is 0 Å². The van der Waals surface area contributed by atoms with Crippen LogP contribution in [0.5, 0.6) is 17.2 Å². The number of carbonyl (C=O) groups is 1. The van der Waals surface area contributed by atoms with Crippen molar-refractivity contribution in [2.75, 3.05) is 25.1 Å². The van der Waals surface area contributed by atoms with Crippen LogP contribution in [0.1, 0.15) is 56.2 Å². The van der Waals surface area contributed by atoms with Gasteiger partial charge in [0.2, 0.25) is 5.13 Å². The van der Waals surface area contributed by atoms with Crippen LogP contribution in [-0.2, 0) is 11.2 Å². The molecule has 200 valence electrons. The minimum atomic E-state index is -0.560. The number of hydrogen-bond acceptors (Lipinski definition) is 8. The van der Waals surface area contributed by atoms with E-state index in [0.717, 1.165) is 23.6 Å². The van der Waals surface area contributed by atoms with E-state index >= 15 is 0 Å². The Hall–Kier alpha value is -3.42. The van der Waals surface area contributed by atoms with Gasteiger partial charge in [-0.05, 0) is 83.1 Å². The van der Waals surface area contributed by atoms with Crippen molar-refractivity contribution in [1.82, 2.24) is 10.2 Å². The molecule has 0 aliphatic rings. The van der Waals surface area contributed by atoms with Crippen molar-refractivity contribution in [3.8, 4) is 23.3 Å². The number of nitrogens with one attached hydrogen (secondary N) is 1. The monoisotopic (exact) mass is 598 g/mol. The molecule has 3 rings (SSSR count). The summed E-state index contributed by atoms with van der Waals surface area (Å²) in [6.45, 7) is 9.27. The van der Waals surface area contributed by atoms with Crippen LogP contribution in [0, 0.1) is 11.3 Å². The third-order valence-electron chi connectivity index (χ3n) is 5.66. The molecule has 1 N–H and O–H groups in total. The molecule has 38 heavy (non-hydrogen) atoms. The Balaban J connectivity index is 1.67. The maximum atomic E-state index is 12.6. The van der Waals surface area contributed by atoms with E-state index in [2.05, 4.69) is 57.4 Å². The number of amides is 1. The zero-order valence-corrected chi connectivity index (χ0v) is 24.3. The summed E-state index contributed by atoms with van der Waals surface area (Å²) in [5.41, 5.74) is 1.82. The summed E-state index contributed by atoms with van der Waals surface area (Å²) in [7, 11) is 0. The maximum absolute atomic E-state index is 12.6. The first-order valence-electron chi connectivity index (χ1n) is 12.5. The van der Waals surface area contributed by atoms with Gasteiger partial charge in [-0.2, -0.15) is 5.26 Å². The Kier molecular flexibility index (Phi) is 11.1. The number of benzene rings is 2. The van der Waals surface area contributed by atoms with Crippen molar-refractivity contribution >= 4 is 44.4 Å². The normalized spacial score (nSPS) is 11.9. The number of aromatic nitrogens is 2. The summed E-state index contributed by atoms with van der Waals surface area (Å²) < 4.78 is 18.2. The number of nitriles is 1. The number of ether oxygens (including phenoxy) is 3. The van der Waals surface area contributed by atoms with Gasteiger partial charge >= 0.3 is 0 Å². The Morgan fingerprint density at radius 2 is 1.87 bits per heavy atom. The van der Waals surface area contributed by atoms with E-state index in [1.54, 1.807) is 12.1 Å². The van der Waals surface area contributed by atoms with Crippen LogP contribution in [0.2, 0.25) is 0 Å². The minimum Gasteiger partial charge on any atom is -0.490 e. The average Bonchev–Trinajstić information content (AvgIpc) is 3.38. The molecule has 0 spiro atoms. The second-order valence-electron chi connectivity index (χ2n) is 8.32. The van der Waals surface area contributed by atoms with Crippen molar-refractivity contribution in [2.45, 2.75) is 46.5 Å². The largest absolute Gasteiger partial charge is 0.490 e. The lowest BCUT2D eigenvalue weighted by molar-refractivity contribution is -0.112. The van der Waals surface area contributed by atoms with Gasteiger partial charge in [-0.1, -0.05) is 44.2 Å². The highest BCUT2D eigenvalue weighted by molar-refractivity contribution is 9.10. The van der Waals surface area contributed by atoms with Crippen molar-refractivity contribution in [1.29, 1.82) is 5.26 Å². The summed E-state index contributed by atoms with van der Waals surface area (Å²) in [4.78, 5) is 12.6. The van der Waals surface area contributed by atoms with Crippen molar-refractivity contribution < 1.29 is 19.0 Å². The topological polar surface area (TPSA) is 106 Å². The molecule has 8 nitrogen and oxygen atoms in total. The van der Waals surface area contributed by atoms with Gasteiger partial charge in [-0.25, -0.2) is 0 Å². The number of halogens is 1. The second kappa shape index (κ2) is 14.5. The number of hydrogen-bond donors (Lipinski definition) is 1. The van der Waals surface area contributed by atoms with Gasteiger partial charge in [0.05, 0.1) is 11.1 Å². The van der Waals surface area contributed by atoms with Crippen LogP contribution >= 0.6 is 27.3 Å². The molecule has 0 radical (unpaired) electrons. The van der Waals surface area contributed by atoms with Crippen molar-refractivity contribution in [3.05, 3.63) is 62.6 Å². The lowest BCUT2D eigenvalue weighted by Gasteiger charge is -2.15. The molecule has 0 fully saturated rings. The van der Waals surface area contributed by atoms with Crippen LogP contribution in [-0.4, -0.2) is 35.9 Å². The summed E-state index contributed by atoms with van der Waals surface area (Å²) in [6.07, 6.45) is 3.30. The highest BCUT2D eigenvalue weighted by Gasteiger charge is 2.16. The molecule has 1 aromatic heterocycles. The zero-order chi connectivity index (χ0) is 27.5. The van der Waals surface area contributed by atoms with E-state index in [1.807, 2.05) is 32.0 Å². The number of aryl methyl sites for hydroxylation is 1. The Bertz CT molecular complexity index is 1300. The minimum absolute atomic E-state index is 0.0750. The van der Waals surface area contributed by atoms with E-state index < -0.39 is 5.91 Å². The second-order valence-corrected chi connectivity index (χ2v) is 10.2. The summed E-state index contributed by atoms with van der Waals surface area (Å²) >= 11 is 4.81. The molecule has 0 saturated heterocycles. The fraction of sp³-hybridized carbons (Fsp3) is 0.357. The maximum Gasteiger partial charge on any atom is 0.268 e. The Labute approximate surface area is 235 Å². The van der Waals surface area contributed by atoms with Crippen LogP contribution in [0.3, 0.4) is 0 Å². The van der Waals surface area contributed by atoms with Gasteiger partial charge in [-0.3, -0.25) is 10.1 Å². The highest BCUT2D eigenvalue weighted by atomic mass is 79.9. The quantitative estimate of drug-likeness (QED) is 0.131. The van der Waals surface area contributed by atoms with E-state index in [-0.39, 0.29) is 5.57 Å². The van der Waals surface area contributed by atoms with Crippen LogP contribution in [0.15, 0.2) is 46.4 Å². The predicted molar refractivity (Wildman–Crippen MR) is 153 cm³/mol. The van der Waals surface area contributed by atoms with E-state index in [0.29, 0.717) is 52.4 Å². The molecule has 0 aliphatic carbocycles. The van der Waals surface area contributed by atoms with Gasteiger partial charge in [0, 0.05) is 0 Å². The molecular weight excluding hydrogens is 568 g/mol. The van der Waals surface area contributed by atoms with E-state index in [4.69, 9.17) is 14.2 Å². The molecule has 3 aromatic rings. The van der Waals surface area contributed by atoms with Crippen LogP contribution in [0.4, 0.5) is 5.13 Å². The van der Waals surface area contributed by atoms with Gasteiger partial charge in [-0.15, -0.1) is 10.2 Å². The van der Waals surface area contributed by atoms with Crippen LogP contribution < -0.4 is 19.5 Å². The summed E-state index contributed by atoms with van der Waals surface area (Å²) in [6, 6.07) is 13.6. The summed E-state index contributed by atoms with van der Waals surface area (Å²) in [5, 5.41) is 21.3. The highest BCUT2D eigenvalue weighted by Crippen LogP contribution is 2.37. The fourth-order valence-corrected chi connectivity index (χ4v) is 4.68. The van der Waals surface area contributed by atoms with Gasteiger partial charge in [0.25, 0.3) is 5.91 Å². The lowest BCUT2D eigenvalue weighted by Crippen LogP contribution is -2.13. The van der Waals surface area contributed by atoms with E-state index in [9.17, 15) is 10.1 Å². The molecule has 0 bridgehead atoms.